The van der Waals surface area contributed by atoms with Crippen LogP contribution in [0.15, 0.2) is 30.5 Å². The van der Waals surface area contributed by atoms with Crippen molar-refractivity contribution >= 4 is 17.8 Å². The van der Waals surface area contributed by atoms with Gasteiger partial charge in [-0.1, -0.05) is 26.0 Å². The monoisotopic (exact) mass is 424 g/mol. The summed E-state index contributed by atoms with van der Waals surface area (Å²) in [7, 11) is 3.82. The molecule has 8 heteroatoms. The molecule has 1 atom stereocenters. The second-order valence-corrected chi connectivity index (χ2v) is 8.09. The van der Waals surface area contributed by atoms with E-state index in [1.807, 2.05) is 42.2 Å². The van der Waals surface area contributed by atoms with Gasteiger partial charge in [0.2, 0.25) is 17.8 Å². The van der Waals surface area contributed by atoms with E-state index in [-0.39, 0.29) is 11.8 Å². The maximum Gasteiger partial charge on any atom is 0.248 e. The van der Waals surface area contributed by atoms with Gasteiger partial charge in [0, 0.05) is 50.4 Å². The molecular formula is C23H32N6O2. The minimum atomic E-state index is -0.455. The highest BCUT2D eigenvalue weighted by atomic mass is 16.2. The molecule has 0 saturated carbocycles. The molecule has 0 spiro atoms. The van der Waals surface area contributed by atoms with E-state index in [0.29, 0.717) is 24.6 Å². The first kappa shape index (κ1) is 22.7. The number of carbonyl (C=O) groups excluding carboxylic acids is 2. The van der Waals surface area contributed by atoms with E-state index in [2.05, 4.69) is 23.7 Å². The average Bonchev–Trinajstić information content (AvgIpc) is 3.27. The zero-order chi connectivity index (χ0) is 22.5. The lowest BCUT2D eigenvalue weighted by Crippen LogP contribution is -2.39. The van der Waals surface area contributed by atoms with Gasteiger partial charge in [0.1, 0.15) is 0 Å². The summed E-state index contributed by atoms with van der Waals surface area (Å²) in [4.78, 5) is 39.5. The van der Waals surface area contributed by atoms with E-state index in [1.54, 1.807) is 12.1 Å². The third-order valence-electron chi connectivity index (χ3n) is 5.87. The fourth-order valence-electron chi connectivity index (χ4n) is 3.90. The van der Waals surface area contributed by atoms with Crippen molar-refractivity contribution in [2.24, 2.45) is 5.73 Å². The van der Waals surface area contributed by atoms with Gasteiger partial charge in [-0.2, -0.15) is 0 Å². The lowest BCUT2D eigenvalue weighted by molar-refractivity contribution is -0.131. The molecule has 0 unspecified atom stereocenters. The highest BCUT2D eigenvalue weighted by Crippen LogP contribution is 2.34. The zero-order valence-electron chi connectivity index (χ0n) is 18.8. The number of amides is 2. The fourth-order valence-corrected chi connectivity index (χ4v) is 3.90. The lowest BCUT2D eigenvalue weighted by Gasteiger charge is -2.23. The summed E-state index contributed by atoms with van der Waals surface area (Å²) in [5.74, 6) is 0.484. The van der Waals surface area contributed by atoms with Crippen molar-refractivity contribution in [3.8, 4) is 11.1 Å². The molecule has 0 bridgehead atoms. The second-order valence-electron chi connectivity index (χ2n) is 8.09. The predicted molar refractivity (Wildman–Crippen MR) is 122 cm³/mol. The molecule has 2 N–H and O–H groups in total. The fraction of sp³-hybridized carbons (Fsp3) is 0.478. The van der Waals surface area contributed by atoms with Crippen molar-refractivity contribution in [1.82, 2.24) is 19.8 Å². The van der Waals surface area contributed by atoms with Gasteiger partial charge in [-0.05, 0) is 37.2 Å². The van der Waals surface area contributed by atoms with E-state index in [4.69, 9.17) is 10.7 Å². The molecule has 2 heterocycles. The van der Waals surface area contributed by atoms with Crippen LogP contribution in [0.1, 0.15) is 42.2 Å². The van der Waals surface area contributed by atoms with Gasteiger partial charge in [-0.25, -0.2) is 9.97 Å². The average molecular weight is 425 g/mol. The maximum absolute atomic E-state index is 12.8. The predicted octanol–water partition coefficient (Wildman–Crippen LogP) is 1.97. The zero-order valence-corrected chi connectivity index (χ0v) is 18.8. The number of benzene rings is 1. The maximum atomic E-state index is 12.8. The Hall–Kier alpha value is -3.00. The first-order chi connectivity index (χ1) is 14.8. The summed E-state index contributed by atoms with van der Waals surface area (Å²) in [6.07, 6.45) is 2.69. The molecule has 1 aromatic carbocycles. The summed E-state index contributed by atoms with van der Waals surface area (Å²) in [5.41, 5.74) is 8.62. The smallest absolute Gasteiger partial charge is 0.248 e. The van der Waals surface area contributed by atoms with Gasteiger partial charge in [-0.15, -0.1) is 0 Å². The molecular weight excluding hydrogens is 392 g/mol. The van der Waals surface area contributed by atoms with Crippen molar-refractivity contribution in [1.29, 1.82) is 0 Å². The number of primary amides is 1. The number of nitrogens with two attached hydrogens (primary N) is 1. The molecule has 8 nitrogen and oxygen atoms in total. The Morgan fingerprint density at radius 3 is 2.42 bits per heavy atom. The number of hydrogen-bond acceptors (Lipinski definition) is 6. The molecule has 166 valence electrons. The summed E-state index contributed by atoms with van der Waals surface area (Å²) in [6, 6.07) is 7.18. The first-order valence-electron chi connectivity index (χ1n) is 10.8. The summed E-state index contributed by atoms with van der Waals surface area (Å²) < 4.78 is 0. The topological polar surface area (TPSA) is 95.7 Å². The highest BCUT2D eigenvalue weighted by Gasteiger charge is 2.31. The number of carbonyl (C=O) groups is 2. The Labute approximate surface area is 184 Å². The van der Waals surface area contributed by atoms with Crippen LogP contribution in [0.4, 0.5) is 5.95 Å². The van der Waals surface area contributed by atoms with Crippen LogP contribution in [0.5, 0.6) is 0 Å². The number of likely N-dealkylation sites (tertiary alicyclic amines) is 1. The quantitative estimate of drug-likeness (QED) is 0.696. The Morgan fingerprint density at radius 2 is 1.84 bits per heavy atom. The molecule has 1 aliphatic heterocycles. The molecule has 0 radical (unpaired) electrons. The molecule has 1 fully saturated rings. The molecule has 2 amide bonds. The number of hydrogen-bond donors (Lipinski definition) is 1. The molecule has 31 heavy (non-hydrogen) atoms. The van der Waals surface area contributed by atoms with Crippen molar-refractivity contribution in [3.05, 3.63) is 41.7 Å². The first-order valence-corrected chi connectivity index (χ1v) is 10.8. The van der Waals surface area contributed by atoms with Gasteiger partial charge < -0.3 is 15.5 Å². The van der Waals surface area contributed by atoms with Gasteiger partial charge in [-0.3, -0.25) is 14.5 Å². The van der Waals surface area contributed by atoms with Crippen LogP contribution in [-0.2, 0) is 4.79 Å². The molecule has 3 rings (SSSR count). The molecule has 1 aliphatic rings. The third kappa shape index (κ3) is 5.19. The van der Waals surface area contributed by atoms with E-state index in [0.717, 1.165) is 42.9 Å². The Bertz CT molecular complexity index is 924. The van der Waals surface area contributed by atoms with Crippen LogP contribution < -0.4 is 10.6 Å². The summed E-state index contributed by atoms with van der Waals surface area (Å²) in [5, 5.41) is 0. The van der Waals surface area contributed by atoms with Gasteiger partial charge in [0.25, 0.3) is 0 Å². The summed E-state index contributed by atoms with van der Waals surface area (Å²) >= 11 is 0. The Kier molecular flexibility index (Phi) is 7.22. The molecule has 0 aliphatic carbocycles. The SMILES string of the molecule is CCN(CC)CC(=O)N1CC[C@H](c2nc(N(C)C)ncc2-c2ccc(C(N)=O)cc2)C1. The number of anilines is 1. The van der Waals surface area contributed by atoms with E-state index >= 15 is 0 Å². The molecule has 2 aromatic rings. The van der Waals surface area contributed by atoms with E-state index in [9.17, 15) is 9.59 Å². The molecule has 1 saturated heterocycles. The minimum Gasteiger partial charge on any atom is -0.366 e. The van der Waals surface area contributed by atoms with Crippen molar-refractivity contribution in [3.63, 3.8) is 0 Å². The van der Waals surface area contributed by atoms with Crippen LogP contribution >= 0.6 is 0 Å². The Balaban J connectivity index is 1.88. The number of aromatic nitrogens is 2. The standard InChI is InChI=1S/C23H32N6O2/c1-5-28(6-2)15-20(30)29-12-11-18(14-29)21-19(13-25-23(26-21)27(3)4)16-7-9-17(10-8-16)22(24)31/h7-10,13,18H,5-6,11-12,14-15H2,1-4H3,(H2,24,31)/t18-/m0/s1. The van der Waals surface area contributed by atoms with E-state index < -0.39 is 5.91 Å². The second kappa shape index (κ2) is 9.87. The number of likely N-dealkylation sites (N-methyl/N-ethyl adjacent to an activating group) is 1. The van der Waals surface area contributed by atoms with Crippen LogP contribution in [-0.4, -0.2) is 78.4 Å². The third-order valence-corrected chi connectivity index (χ3v) is 5.87. The highest BCUT2D eigenvalue weighted by molar-refractivity contribution is 5.93. The summed E-state index contributed by atoms with van der Waals surface area (Å²) in [6.45, 7) is 7.70. The normalized spacial score (nSPS) is 16.0. The van der Waals surface area contributed by atoms with Crippen LogP contribution in [0.3, 0.4) is 0 Å². The van der Waals surface area contributed by atoms with Gasteiger partial charge in [0.05, 0.1) is 12.2 Å². The number of nitrogens with zero attached hydrogens (tertiary/aromatic N) is 5. The van der Waals surface area contributed by atoms with Crippen molar-refractivity contribution in [2.75, 3.05) is 51.7 Å². The van der Waals surface area contributed by atoms with Crippen molar-refractivity contribution < 1.29 is 9.59 Å². The largest absolute Gasteiger partial charge is 0.366 e. The van der Waals surface area contributed by atoms with E-state index in [1.165, 1.54) is 0 Å². The van der Waals surface area contributed by atoms with Gasteiger partial charge >= 0.3 is 0 Å². The number of rotatable bonds is 8. The molecule has 1 aromatic heterocycles. The lowest BCUT2D eigenvalue weighted by atomic mass is 9.95. The van der Waals surface area contributed by atoms with Crippen LogP contribution in [0, 0.1) is 0 Å². The van der Waals surface area contributed by atoms with Crippen LogP contribution in [0.2, 0.25) is 0 Å². The minimum absolute atomic E-state index is 0.133. The van der Waals surface area contributed by atoms with Crippen LogP contribution in [0.25, 0.3) is 11.1 Å². The van der Waals surface area contributed by atoms with Gasteiger partial charge in [0.15, 0.2) is 0 Å². The van der Waals surface area contributed by atoms with Crippen molar-refractivity contribution in [2.45, 2.75) is 26.2 Å². The Morgan fingerprint density at radius 1 is 1.16 bits per heavy atom.